The molecule has 3 aromatic rings. The van der Waals surface area contributed by atoms with Crippen molar-refractivity contribution in [3.05, 3.63) is 59.8 Å². The summed E-state index contributed by atoms with van der Waals surface area (Å²) in [4.78, 5) is 38.6. The summed E-state index contributed by atoms with van der Waals surface area (Å²) in [5.74, 6) is -0.235. The van der Waals surface area contributed by atoms with Gasteiger partial charge in [-0.15, -0.1) is 0 Å². The maximum atomic E-state index is 12.7. The second-order valence-electron chi connectivity index (χ2n) is 9.26. The Morgan fingerprint density at radius 1 is 1.14 bits per heavy atom. The molecule has 37 heavy (non-hydrogen) atoms. The van der Waals surface area contributed by atoms with Crippen LogP contribution in [0.3, 0.4) is 0 Å². The molecule has 0 radical (unpaired) electrons. The minimum absolute atomic E-state index is 0.0210. The highest BCUT2D eigenvalue weighted by atomic mass is 16.5. The SMILES string of the molecule is O=C1CCC(n2cc3cc(CNC(=O)c4ccc(OCCN5CCOCC5)cc4)ccc3c2O)C(=O)N1. The van der Waals surface area contributed by atoms with Crippen LogP contribution in [0.5, 0.6) is 11.6 Å². The number of hydrogen-bond acceptors (Lipinski definition) is 7. The van der Waals surface area contributed by atoms with Gasteiger partial charge in [0.25, 0.3) is 5.91 Å². The number of morpholine rings is 1. The zero-order valence-electron chi connectivity index (χ0n) is 20.4. The zero-order valence-corrected chi connectivity index (χ0v) is 20.4. The summed E-state index contributed by atoms with van der Waals surface area (Å²) in [6, 6.07) is 11.9. The Balaban J connectivity index is 1.16. The highest BCUT2D eigenvalue weighted by Crippen LogP contribution is 2.33. The van der Waals surface area contributed by atoms with Crippen molar-refractivity contribution in [2.75, 3.05) is 39.5 Å². The average molecular weight is 507 g/mol. The Labute approximate surface area is 214 Å². The molecule has 10 heteroatoms. The number of fused-ring (bicyclic) bond motifs is 1. The largest absolute Gasteiger partial charge is 0.494 e. The Morgan fingerprint density at radius 3 is 2.68 bits per heavy atom. The van der Waals surface area contributed by atoms with Gasteiger partial charge >= 0.3 is 0 Å². The number of benzene rings is 2. The number of ether oxygens (including phenoxy) is 2. The molecular formula is C27H30N4O6. The van der Waals surface area contributed by atoms with Gasteiger partial charge in [0.15, 0.2) is 5.88 Å². The third kappa shape index (κ3) is 5.76. The van der Waals surface area contributed by atoms with E-state index >= 15 is 0 Å². The molecule has 2 saturated heterocycles. The monoisotopic (exact) mass is 506 g/mol. The molecule has 2 aliphatic heterocycles. The minimum Gasteiger partial charge on any atom is -0.494 e. The maximum Gasteiger partial charge on any atom is 0.251 e. The van der Waals surface area contributed by atoms with Crippen molar-refractivity contribution in [3.63, 3.8) is 0 Å². The normalized spacial score (nSPS) is 18.5. The molecule has 0 spiro atoms. The summed E-state index contributed by atoms with van der Waals surface area (Å²) in [6.45, 7) is 5.07. The number of piperidine rings is 1. The highest BCUT2D eigenvalue weighted by Gasteiger charge is 2.30. The molecule has 5 rings (SSSR count). The first-order valence-corrected chi connectivity index (χ1v) is 12.5. The van der Waals surface area contributed by atoms with Crippen LogP contribution in [-0.2, 0) is 20.9 Å². The van der Waals surface area contributed by atoms with Crippen LogP contribution in [0.15, 0.2) is 48.7 Å². The van der Waals surface area contributed by atoms with E-state index in [0.29, 0.717) is 30.5 Å². The molecule has 0 aliphatic carbocycles. The van der Waals surface area contributed by atoms with Gasteiger partial charge in [-0.2, -0.15) is 0 Å². The first-order chi connectivity index (χ1) is 18.0. The lowest BCUT2D eigenvalue weighted by molar-refractivity contribution is -0.135. The lowest BCUT2D eigenvalue weighted by Crippen LogP contribution is -2.41. The first kappa shape index (κ1) is 24.8. The van der Waals surface area contributed by atoms with Crippen LogP contribution in [0.25, 0.3) is 10.8 Å². The number of hydrogen-bond donors (Lipinski definition) is 3. The minimum atomic E-state index is -0.639. The molecule has 3 heterocycles. The van der Waals surface area contributed by atoms with E-state index in [2.05, 4.69) is 15.5 Å². The third-order valence-electron chi connectivity index (χ3n) is 6.78. The van der Waals surface area contributed by atoms with E-state index in [-0.39, 0.29) is 24.1 Å². The van der Waals surface area contributed by atoms with Crippen LogP contribution in [0, 0.1) is 0 Å². The van der Waals surface area contributed by atoms with E-state index in [0.717, 1.165) is 49.5 Å². The fourth-order valence-electron chi connectivity index (χ4n) is 4.67. The average Bonchev–Trinajstić information content (AvgIpc) is 3.23. The van der Waals surface area contributed by atoms with Crippen LogP contribution >= 0.6 is 0 Å². The molecule has 10 nitrogen and oxygen atoms in total. The molecule has 194 valence electrons. The van der Waals surface area contributed by atoms with E-state index in [4.69, 9.17) is 9.47 Å². The molecular weight excluding hydrogens is 476 g/mol. The molecule has 2 aromatic carbocycles. The third-order valence-corrected chi connectivity index (χ3v) is 6.78. The van der Waals surface area contributed by atoms with Gasteiger partial charge in [0.1, 0.15) is 18.4 Å². The van der Waals surface area contributed by atoms with Crippen molar-refractivity contribution in [1.82, 2.24) is 20.1 Å². The number of amides is 3. The van der Waals surface area contributed by atoms with Crippen LogP contribution < -0.4 is 15.4 Å². The fraction of sp³-hybridized carbons (Fsp3) is 0.370. The lowest BCUT2D eigenvalue weighted by atomic mass is 10.1. The summed E-state index contributed by atoms with van der Waals surface area (Å²) in [6.07, 6.45) is 2.26. The maximum absolute atomic E-state index is 12.7. The van der Waals surface area contributed by atoms with Crippen molar-refractivity contribution in [3.8, 4) is 11.6 Å². The predicted molar refractivity (Wildman–Crippen MR) is 135 cm³/mol. The fourth-order valence-corrected chi connectivity index (χ4v) is 4.67. The highest BCUT2D eigenvalue weighted by molar-refractivity contribution is 6.00. The number of imide groups is 1. The molecule has 2 fully saturated rings. The van der Waals surface area contributed by atoms with Crippen molar-refractivity contribution in [2.45, 2.75) is 25.4 Å². The number of rotatable bonds is 8. The molecule has 3 N–H and O–H groups in total. The molecule has 0 saturated carbocycles. The lowest BCUT2D eigenvalue weighted by Gasteiger charge is -2.26. The number of nitrogens with one attached hydrogen (secondary N) is 2. The van der Waals surface area contributed by atoms with Crippen molar-refractivity contribution >= 4 is 28.5 Å². The first-order valence-electron chi connectivity index (χ1n) is 12.5. The molecule has 1 unspecified atom stereocenters. The van der Waals surface area contributed by atoms with Gasteiger partial charge in [-0.1, -0.05) is 6.07 Å². The zero-order chi connectivity index (χ0) is 25.8. The van der Waals surface area contributed by atoms with E-state index < -0.39 is 11.9 Å². The van der Waals surface area contributed by atoms with Gasteiger partial charge in [-0.3, -0.25) is 24.6 Å². The van der Waals surface area contributed by atoms with Gasteiger partial charge in [0, 0.05) is 55.1 Å². The predicted octanol–water partition coefficient (Wildman–Crippen LogP) is 1.97. The quantitative estimate of drug-likeness (QED) is 0.399. The summed E-state index contributed by atoms with van der Waals surface area (Å²) in [5.41, 5.74) is 1.38. The summed E-state index contributed by atoms with van der Waals surface area (Å²) >= 11 is 0. The van der Waals surface area contributed by atoms with Crippen LogP contribution in [0.4, 0.5) is 0 Å². The summed E-state index contributed by atoms with van der Waals surface area (Å²) in [7, 11) is 0. The standard InChI is InChI=1S/C27H30N4O6/c32-24-8-7-23(26(34)29-24)31-17-20-15-18(1-6-22(20)27(31)35)16-28-25(33)19-2-4-21(5-3-19)37-14-11-30-9-12-36-13-10-30/h1-6,15,17,23,35H,7-14,16H2,(H,28,33)(H,29,32,34). The number of aromatic hydroxyl groups is 1. The second-order valence-corrected chi connectivity index (χ2v) is 9.26. The second kappa shape index (κ2) is 11.0. The Bertz CT molecular complexity index is 1300. The van der Waals surface area contributed by atoms with Crippen molar-refractivity contribution in [2.24, 2.45) is 0 Å². The van der Waals surface area contributed by atoms with Gasteiger partial charge in [0.2, 0.25) is 11.8 Å². The Hall–Kier alpha value is -3.89. The van der Waals surface area contributed by atoms with E-state index in [9.17, 15) is 19.5 Å². The molecule has 0 bridgehead atoms. The Morgan fingerprint density at radius 2 is 1.92 bits per heavy atom. The smallest absolute Gasteiger partial charge is 0.251 e. The van der Waals surface area contributed by atoms with Crippen LogP contribution in [-0.4, -0.2) is 71.7 Å². The van der Waals surface area contributed by atoms with Crippen LogP contribution in [0.2, 0.25) is 0 Å². The van der Waals surface area contributed by atoms with Crippen molar-refractivity contribution in [1.29, 1.82) is 0 Å². The topological polar surface area (TPSA) is 122 Å². The number of nitrogens with zero attached hydrogens (tertiary/aromatic N) is 2. The van der Waals surface area contributed by atoms with Gasteiger partial charge in [0.05, 0.1) is 13.2 Å². The molecule has 2 aliphatic rings. The van der Waals surface area contributed by atoms with E-state index in [1.54, 1.807) is 36.5 Å². The summed E-state index contributed by atoms with van der Waals surface area (Å²) in [5, 5.41) is 17.2. The number of carbonyl (C=O) groups excluding carboxylic acids is 3. The van der Waals surface area contributed by atoms with Gasteiger partial charge in [-0.25, -0.2) is 0 Å². The van der Waals surface area contributed by atoms with E-state index in [1.807, 2.05) is 12.1 Å². The van der Waals surface area contributed by atoms with Crippen LogP contribution in [0.1, 0.15) is 34.8 Å². The van der Waals surface area contributed by atoms with Gasteiger partial charge < -0.3 is 24.5 Å². The van der Waals surface area contributed by atoms with Gasteiger partial charge in [-0.05, 0) is 48.4 Å². The van der Waals surface area contributed by atoms with E-state index in [1.165, 1.54) is 4.57 Å². The number of aromatic nitrogens is 1. The number of carbonyl (C=O) groups is 3. The molecule has 1 aromatic heterocycles. The molecule has 3 amide bonds. The molecule has 1 atom stereocenters. The summed E-state index contributed by atoms with van der Waals surface area (Å²) < 4.78 is 12.6. The van der Waals surface area contributed by atoms with Crippen molar-refractivity contribution < 1.29 is 29.0 Å². The Kier molecular flexibility index (Phi) is 7.38.